The minimum absolute atomic E-state index is 0.481. The fourth-order valence-corrected chi connectivity index (χ4v) is 2.59. The number of rotatable bonds is 7. The predicted octanol–water partition coefficient (Wildman–Crippen LogP) is 3.21. The molecule has 1 aromatic rings. The van der Waals surface area contributed by atoms with Crippen LogP contribution in [0.4, 0.5) is 0 Å². The van der Waals surface area contributed by atoms with Gasteiger partial charge in [0.15, 0.2) is 0 Å². The zero-order valence-corrected chi connectivity index (χ0v) is 12.3. The van der Waals surface area contributed by atoms with Gasteiger partial charge >= 0.3 is 0 Å². The summed E-state index contributed by atoms with van der Waals surface area (Å²) in [6, 6.07) is 7.61. The van der Waals surface area contributed by atoms with Crippen LogP contribution in [-0.2, 0) is 0 Å². The lowest BCUT2D eigenvalue weighted by Gasteiger charge is -2.15. The molecule has 110 valence electrons. The number of benzene rings is 1. The van der Waals surface area contributed by atoms with E-state index < -0.39 is 6.10 Å². The van der Waals surface area contributed by atoms with E-state index in [1.807, 2.05) is 24.3 Å². The van der Waals surface area contributed by atoms with Gasteiger partial charge < -0.3 is 15.2 Å². The van der Waals surface area contributed by atoms with Gasteiger partial charge in [0.25, 0.3) is 0 Å². The van der Waals surface area contributed by atoms with E-state index in [4.69, 9.17) is 4.74 Å². The highest BCUT2D eigenvalue weighted by Crippen LogP contribution is 2.20. The summed E-state index contributed by atoms with van der Waals surface area (Å²) in [5.41, 5.74) is 2.47. The molecule has 2 rings (SSSR count). The van der Waals surface area contributed by atoms with Crippen molar-refractivity contribution in [1.29, 1.82) is 0 Å². The van der Waals surface area contributed by atoms with Gasteiger partial charge in [0.05, 0.1) is 13.2 Å². The first-order valence-electron chi connectivity index (χ1n) is 7.50. The first-order valence-corrected chi connectivity index (χ1v) is 7.50. The molecule has 0 spiro atoms. The zero-order valence-electron chi connectivity index (χ0n) is 12.3. The SMILES string of the molecule is COc1cccc(C(O)CNCCC2=CCCCC2)c1. The second kappa shape index (κ2) is 8.08. The second-order valence-electron chi connectivity index (χ2n) is 5.35. The van der Waals surface area contributed by atoms with Crippen molar-refractivity contribution in [2.45, 2.75) is 38.2 Å². The highest BCUT2D eigenvalue weighted by Gasteiger charge is 2.08. The Bertz CT molecular complexity index is 442. The molecule has 1 aromatic carbocycles. The Morgan fingerprint density at radius 1 is 1.35 bits per heavy atom. The summed E-state index contributed by atoms with van der Waals surface area (Å²) in [5.74, 6) is 0.786. The number of aliphatic hydroxyl groups is 1. The van der Waals surface area contributed by atoms with Crippen molar-refractivity contribution >= 4 is 0 Å². The highest BCUT2D eigenvalue weighted by atomic mass is 16.5. The molecule has 0 amide bonds. The van der Waals surface area contributed by atoms with E-state index in [0.29, 0.717) is 6.54 Å². The van der Waals surface area contributed by atoms with Crippen LogP contribution in [0.3, 0.4) is 0 Å². The quantitative estimate of drug-likeness (QED) is 0.593. The Labute approximate surface area is 121 Å². The van der Waals surface area contributed by atoms with E-state index in [2.05, 4.69) is 11.4 Å². The van der Waals surface area contributed by atoms with Crippen LogP contribution in [-0.4, -0.2) is 25.3 Å². The maximum Gasteiger partial charge on any atom is 0.119 e. The van der Waals surface area contributed by atoms with E-state index in [1.54, 1.807) is 12.7 Å². The van der Waals surface area contributed by atoms with Gasteiger partial charge in [0.1, 0.15) is 5.75 Å². The number of hydrogen-bond donors (Lipinski definition) is 2. The second-order valence-corrected chi connectivity index (χ2v) is 5.35. The summed E-state index contributed by atoms with van der Waals surface area (Å²) >= 11 is 0. The van der Waals surface area contributed by atoms with Gasteiger partial charge in [0.2, 0.25) is 0 Å². The van der Waals surface area contributed by atoms with Crippen molar-refractivity contribution < 1.29 is 9.84 Å². The Morgan fingerprint density at radius 2 is 2.25 bits per heavy atom. The average molecular weight is 275 g/mol. The molecule has 1 aliphatic rings. The van der Waals surface area contributed by atoms with Crippen molar-refractivity contribution in [3.63, 3.8) is 0 Å². The standard InChI is InChI=1S/C17H25NO2/c1-20-16-9-5-8-15(12-16)17(19)13-18-11-10-14-6-3-2-4-7-14/h5-6,8-9,12,17-19H,2-4,7,10-11,13H2,1H3. The summed E-state index contributed by atoms with van der Waals surface area (Å²) in [4.78, 5) is 0. The van der Waals surface area contributed by atoms with Crippen LogP contribution in [0.1, 0.15) is 43.8 Å². The lowest BCUT2D eigenvalue weighted by molar-refractivity contribution is 0.174. The monoisotopic (exact) mass is 275 g/mol. The van der Waals surface area contributed by atoms with Gasteiger partial charge in [-0.2, -0.15) is 0 Å². The number of aliphatic hydroxyl groups excluding tert-OH is 1. The third-order valence-corrected chi connectivity index (χ3v) is 3.82. The summed E-state index contributed by atoms with van der Waals surface area (Å²) < 4.78 is 5.17. The molecule has 20 heavy (non-hydrogen) atoms. The van der Waals surface area contributed by atoms with Crippen molar-refractivity contribution in [1.82, 2.24) is 5.32 Å². The van der Waals surface area contributed by atoms with Crippen LogP contribution < -0.4 is 10.1 Å². The van der Waals surface area contributed by atoms with Crippen LogP contribution in [0.25, 0.3) is 0 Å². The van der Waals surface area contributed by atoms with E-state index in [-0.39, 0.29) is 0 Å². The molecule has 1 atom stereocenters. The van der Waals surface area contributed by atoms with Crippen LogP contribution in [0.15, 0.2) is 35.9 Å². The number of methoxy groups -OCH3 is 1. The van der Waals surface area contributed by atoms with Crippen LogP contribution in [0, 0.1) is 0 Å². The zero-order chi connectivity index (χ0) is 14.2. The minimum Gasteiger partial charge on any atom is -0.497 e. The molecular weight excluding hydrogens is 250 g/mol. The molecule has 1 unspecified atom stereocenters. The van der Waals surface area contributed by atoms with Crippen LogP contribution in [0.2, 0.25) is 0 Å². The summed E-state index contributed by atoms with van der Waals surface area (Å²) in [6.45, 7) is 1.52. The number of allylic oxidation sites excluding steroid dienone is 1. The molecule has 0 aliphatic heterocycles. The van der Waals surface area contributed by atoms with Crippen LogP contribution in [0.5, 0.6) is 5.75 Å². The fourth-order valence-electron chi connectivity index (χ4n) is 2.59. The van der Waals surface area contributed by atoms with Gasteiger partial charge in [-0.15, -0.1) is 0 Å². The molecule has 0 heterocycles. The number of hydrogen-bond acceptors (Lipinski definition) is 3. The van der Waals surface area contributed by atoms with Gasteiger partial charge in [-0.25, -0.2) is 0 Å². The molecule has 0 saturated heterocycles. The predicted molar refractivity (Wildman–Crippen MR) is 82.0 cm³/mol. The molecule has 3 heteroatoms. The summed E-state index contributed by atoms with van der Waals surface area (Å²) in [6.07, 6.45) is 8.16. The third kappa shape index (κ3) is 4.66. The molecule has 0 fully saturated rings. The normalized spacial score (nSPS) is 16.6. The topological polar surface area (TPSA) is 41.5 Å². The fraction of sp³-hybridized carbons (Fsp3) is 0.529. The van der Waals surface area contributed by atoms with Crippen molar-refractivity contribution in [2.24, 2.45) is 0 Å². The number of ether oxygens (including phenoxy) is 1. The Hall–Kier alpha value is -1.32. The largest absolute Gasteiger partial charge is 0.497 e. The smallest absolute Gasteiger partial charge is 0.119 e. The minimum atomic E-state index is -0.481. The Balaban J connectivity index is 1.71. The molecule has 1 aliphatic carbocycles. The van der Waals surface area contributed by atoms with Crippen LogP contribution >= 0.6 is 0 Å². The van der Waals surface area contributed by atoms with Gasteiger partial charge in [-0.05, 0) is 56.3 Å². The number of nitrogens with one attached hydrogen (secondary N) is 1. The molecular formula is C17H25NO2. The molecule has 2 N–H and O–H groups in total. The third-order valence-electron chi connectivity index (χ3n) is 3.82. The van der Waals surface area contributed by atoms with Gasteiger partial charge in [-0.3, -0.25) is 0 Å². The van der Waals surface area contributed by atoms with Gasteiger partial charge in [0, 0.05) is 6.54 Å². The van der Waals surface area contributed by atoms with E-state index in [0.717, 1.165) is 24.3 Å². The Kier molecular flexibility index (Phi) is 6.09. The Morgan fingerprint density at radius 3 is 3.00 bits per heavy atom. The van der Waals surface area contributed by atoms with E-state index in [9.17, 15) is 5.11 Å². The molecule has 0 saturated carbocycles. The van der Waals surface area contributed by atoms with E-state index in [1.165, 1.54) is 25.7 Å². The van der Waals surface area contributed by atoms with Crippen molar-refractivity contribution in [3.05, 3.63) is 41.5 Å². The first kappa shape index (κ1) is 15.1. The summed E-state index contributed by atoms with van der Waals surface area (Å²) in [5, 5.41) is 13.5. The maximum atomic E-state index is 10.1. The molecule has 0 bridgehead atoms. The van der Waals surface area contributed by atoms with Gasteiger partial charge in [-0.1, -0.05) is 23.8 Å². The molecule has 3 nitrogen and oxygen atoms in total. The maximum absolute atomic E-state index is 10.1. The lowest BCUT2D eigenvalue weighted by atomic mass is 9.97. The average Bonchev–Trinajstić information content (AvgIpc) is 2.52. The highest BCUT2D eigenvalue weighted by molar-refractivity contribution is 5.29. The van der Waals surface area contributed by atoms with E-state index >= 15 is 0 Å². The summed E-state index contributed by atoms with van der Waals surface area (Å²) in [7, 11) is 1.64. The molecule has 0 radical (unpaired) electrons. The first-order chi connectivity index (χ1) is 9.79. The molecule has 0 aromatic heterocycles. The van der Waals surface area contributed by atoms with Crippen molar-refractivity contribution in [2.75, 3.05) is 20.2 Å². The van der Waals surface area contributed by atoms with Crippen molar-refractivity contribution in [3.8, 4) is 5.75 Å². The lowest BCUT2D eigenvalue weighted by Crippen LogP contribution is -2.23.